The van der Waals surface area contributed by atoms with Crippen molar-refractivity contribution in [2.24, 2.45) is 0 Å². The number of amides is 2. The summed E-state index contributed by atoms with van der Waals surface area (Å²) in [6.45, 7) is 8.30. The Morgan fingerprint density at radius 2 is 1.38 bits per heavy atom. The van der Waals surface area contributed by atoms with Crippen molar-refractivity contribution >= 4 is 40.8 Å². The van der Waals surface area contributed by atoms with Crippen molar-refractivity contribution in [1.82, 2.24) is 15.6 Å². The van der Waals surface area contributed by atoms with Crippen LogP contribution in [0.1, 0.15) is 57.4 Å². The second-order valence-electron chi connectivity index (χ2n) is 11.2. The van der Waals surface area contributed by atoms with Gasteiger partial charge in [-0.25, -0.2) is 9.59 Å². The van der Waals surface area contributed by atoms with Gasteiger partial charge in [0.05, 0.1) is 20.3 Å². The maximum Gasteiger partial charge on any atom is 0.408 e. The monoisotopic (exact) mass is 623 g/mol. The van der Waals surface area contributed by atoms with Gasteiger partial charge in [-0.15, -0.1) is 0 Å². The van der Waals surface area contributed by atoms with Gasteiger partial charge in [0.2, 0.25) is 5.91 Å². The van der Waals surface area contributed by atoms with Gasteiger partial charge in [-0.05, 0) is 51.8 Å². The van der Waals surface area contributed by atoms with Crippen LogP contribution >= 0.6 is 0 Å². The third-order valence-corrected chi connectivity index (χ3v) is 6.68. The molecule has 12 nitrogen and oxygen atoms in total. The SMILES string of the molecule is CCOC(=O)C(C(=O)OCC)c1[nH]c2ccccc2c1C[C@H](NC(=O)OC(C)(C)C)C(=O)N[C@@H](Cc1ccccc1)C(=O)OC. The van der Waals surface area contributed by atoms with Crippen LogP contribution in [0.5, 0.6) is 0 Å². The Labute approximate surface area is 262 Å². The van der Waals surface area contributed by atoms with E-state index in [1.807, 2.05) is 18.2 Å². The van der Waals surface area contributed by atoms with Gasteiger partial charge < -0.3 is 34.6 Å². The number of carbonyl (C=O) groups excluding carboxylic acids is 5. The predicted molar refractivity (Wildman–Crippen MR) is 165 cm³/mol. The van der Waals surface area contributed by atoms with Crippen molar-refractivity contribution in [3.8, 4) is 0 Å². The number of methoxy groups -OCH3 is 1. The van der Waals surface area contributed by atoms with Gasteiger partial charge in [0.15, 0.2) is 5.92 Å². The number of para-hydroxylation sites is 1. The number of benzene rings is 2. The lowest BCUT2D eigenvalue weighted by Gasteiger charge is -2.25. The molecule has 0 aliphatic rings. The molecule has 2 aromatic carbocycles. The zero-order valence-corrected chi connectivity index (χ0v) is 26.4. The lowest BCUT2D eigenvalue weighted by Crippen LogP contribution is -2.54. The van der Waals surface area contributed by atoms with E-state index in [1.54, 1.807) is 71.0 Å². The molecule has 2 amide bonds. The van der Waals surface area contributed by atoms with Crippen LogP contribution in [0.15, 0.2) is 54.6 Å². The molecule has 1 aromatic heterocycles. The van der Waals surface area contributed by atoms with E-state index in [0.717, 1.165) is 5.56 Å². The van der Waals surface area contributed by atoms with E-state index in [1.165, 1.54) is 7.11 Å². The quantitative estimate of drug-likeness (QED) is 0.146. The highest BCUT2D eigenvalue weighted by Crippen LogP contribution is 2.31. The zero-order chi connectivity index (χ0) is 33.1. The maximum absolute atomic E-state index is 13.9. The third-order valence-electron chi connectivity index (χ3n) is 6.68. The molecule has 0 bridgehead atoms. The first-order valence-electron chi connectivity index (χ1n) is 14.7. The fourth-order valence-electron chi connectivity index (χ4n) is 4.79. The number of hydrogen-bond donors (Lipinski definition) is 3. The minimum absolute atomic E-state index is 0.0197. The average Bonchev–Trinajstić information content (AvgIpc) is 3.33. The molecule has 0 unspecified atom stereocenters. The predicted octanol–water partition coefficient (Wildman–Crippen LogP) is 3.71. The van der Waals surface area contributed by atoms with Gasteiger partial charge >= 0.3 is 24.0 Å². The number of fused-ring (bicyclic) bond motifs is 1. The molecule has 0 saturated carbocycles. The molecule has 2 atom stereocenters. The Bertz CT molecular complexity index is 1480. The normalized spacial score (nSPS) is 12.6. The van der Waals surface area contributed by atoms with E-state index in [4.69, 9.17) is 18.9 Å². The average molecular weight is 624 g/mol. The van der Waals surface area contributed by atoms with E-state index < -0.39 is 53.5 Å². The highest BCUT2D eigenvalue weighted by Gasteiger charge is 2.37. The fourth-order valence-corrected chi connectivity index (χ4v) is 4.79. The Hall–Kier alpha value is -4.87. The lowest BCUT2D eigenvalue weighted by atomic mass is 9.94. The molecule has 0 saturated heterocycles. The second kappa shape index (κ2) is 15.7. The van der Waals surface area contributed by atoms with Crippen LogP contribution in [0.2, 0.25) is 0 Å². The van der Waals surface area contributed by atoms with Crippen LogP contribution < -0.4 is 10.6 Å². The number of H-pyrrole nitrogens is 1. The van der Waals surface area contributed by atoms with Crippen LogP contribution in [0.4, 0.5) is 4.79 Å². The number of nitrogens with one attached hydrogen (secondary N) is 3. The molecular formula is C33H41N3O9. The van der Waals surface area contributed by atoms with Gasteiger partial charge in [0, 0.05) is 29.4 Å². The van der Waals surface area contributed by atoms with E-state index in [0.29, 0.717) is 16.5 Å². The number of hydrogen-bond acceptors (Lipinski definition) is 9. The van der Waals surface area contributed by atoms with Crippen molar-refractivity contribution in [1.29, 1.82) is 0 Å². The molecule has 3 aromatic rings. The van der Waals surface area contributed by atoms with E-state index in [2.05, 4.69) is 15.6 Å². The molecule has 3 rings (SSSR count). The highest BCUT2D eigenvalue weighted by molar-refractivity contribution is 6.03. The number of ether oxygens (including phenoxy) is 4. The number of esters is 3. The summed E-state index contributed by atoms with van der Waals surface area (Å²) in [5.41, 5.74) is 1.03. The van der Waals surface area contributed by atoms with Crippen molar-refractivity contribution in [3.63, 3.8) is 0 Å². The van der Waals surface area contributed by atoms with Gasteiger partial charge in [-0.3, -0.25) is 14.4 Å². The van der Waals surface area contributed by atoms with Gasteiger partial charge in [-0.1, -0.05) is 48.5 Å². The Morgan fingerprint density at radius 1 is 0.778 bits per heavy atom. The highest BCUT2D eigenvalue weighted by atomic mass is 16.6. The summed E-state index contributed by atoms with van der Waals surface area (Å²) in [5, 5.41) is 5.91. The lowest BCUT2D eigenvalue weighted by molar-refractivity contribution is -0.157. The summed E-state index contributed by atoms with van der Waals surface area (Å²) in [5.74, 6) is -4.55. The van der Waals surface area contributed by atoms with Crippen LogP contribution in [-0.4, -0.2) is 72.9 Å². The third kappa shape index (κ3) is 9.56. The van der Waals surface area contributed by atoms with Gasteiger partial charge in [0.25, 0.3) is 0 Å². The van der Waals surface area contributed by atoms with E-state index in [9.17, 15) is 24.0 Å². The second-order valence-corrected chi connectivity index (χ2v) is 11.2. The van der Waals surface area contributed by atoms with Crippen LogP contribution in [0.25, 0.3) is 10.9 Å². The molecule has 1 heterocycles. The standard InChI is InChI=1S/C33H41N3O9/c1-7-43-30(39)26(31(40)44-8-2)27-22(21-16-12-13-17-23(21)34-27)19-24(36-32(41)45-33(3,4)5)28(37)35-25(29(38)42-6)18-20-14-10-9-11-15-20/h9-17,24-26,34H,7-8,18-19H2,1-6H3,(H,35,37)(H,36,41)/t24-,25-/m0/s1. The number of aromatic nitrogens is 1. The summed E-state index contributed by atoms with van der Waals surface area (Å²) in [4.78, 5) is 69.0. The topological polar surface area (TPSA) is 162 Å². The Morgan fingerprint density at radius 3 is 1.96 bits per heavy atom. The van der Waals surface area contributed by atoms with E-state index in [-0.39, 0.29) is 31.7 Å². The zero-order valence-electron chi connectivity index (χ0n) is 26.4. The number of carbonyl (C=O) groups is 5. The molecule has 0 spiro atoms. The first-order chi connectivity index (χ1) is 21.4. The van der Waals surface area contributed by atoms with Crippen LogP contribution in [0, 0.1) is 0 Å². The minimum Gasteiger partial charge on any atom is -0.467 e. The summed E-state index contributed by atoms with van der Waals surface area (Å²) in [6, 6.07) is 13.7. The van der Waals surface area contributed by atoms with E-state index >= 15 is 0 Å². The number of rotatable bonds is 13. The van der Waals surface area contributed by atoms with Crippen molar-refractivity contribution < 1.29 is 42.9 Å². The molecular weight excluding hydrogens is 582 g/mol. The van der Waals surface area contributed by atoms with Crippen LogP contribution in [0.3, 0.4) is 0 Å². The minimum atomic E-state index is -1.49. The number of alkyl carbamates (subject to hydrolysis) is 1. The summed E-state index contributed by atoms with van der Waals surface area (Å²) in [7, 11) is 1.21. The van der Waals surface area contributed by atoms with Gasteiger partial charge in [0.1, 0.15) is 17.7 Å². The summed E-state index contributed by atoms with van der Waals surface area (Å²) < 4.78 is 20.8. The Balaban J connectivity index is 2.08. The molecule has 0 aliphatic heterocycles. The van der Waals surface area contributed by atoms with Crippen molar-refractivity contribution in [2.45, 2.75) is 71.1 Å². The summed E-state index contributed by atoms with van der Waals surface area (Å²) >= 11 is 0. The van der Waals surface area contributed by atoms with Crippen molar-refractivity contribution in [3.05, 3.63) is 71.4 Å². The molecule has 3 N–H and O–H groups in total. The Kier molecular flexibility index (Phi) is 12.1. The molecule has 0 fully saturated rings. The first-order valence-corrected chi connectivity index (χ1v) is 14.7. The number of aromatic amines is 1. The van der Waals surface area contributed by atoms with Gasteiger partial charge in [-0.2, -0.15) is 0 Å². The molecule has 45 heavy (non-hydrogen) atoms. The smallest absolute Gasteiger partial charge is 0.408 e. The van der Waals surface area contributed by atoms with Crippen LogP contribution in [-0.2, 0) is 51.0 Å². The van der Waals surface area contributed by atoms with Crippen molar-refractivity contribution in [2.75, 3.05) is 20.3 Å². The fraction of sp³-hybridized carbons (Fsp3) is 0.424. The summed E-state index contributed by atoms with van der Waals surface area (Å²) in [6.07, 6.45) is -0.946. The molecule has 12 heteroatoms. The maximum atomic E-state index is 13.9. The molecule has 242 valence electrons. The molecule has 0 aliphatic carbocycles. The largest absolute Gasteiger partial charge is 0.467 e. The first kappa shape index (κ1) is 34.6. The molecule has 0 radical (unpaired) electrons.